The Morgan fingerprint density at radius 3 is 2.47 bits per heavy atom. The molecule has 7 rings (SSSR count). The topological polar surface area (TPSA) is 7.76 Å². The van der Waals surface area contributed by atoms with Gasteiger partial charge in [-0.05, 0) is 60.7 Å². The smallest absolute Gasteiger partial charge is 0.184 e. The molecule has 0 radical (unpaired) electrons. The van der Waals surface area contributed by atoms with Crippen LogP contribution in [0, 0.1) is 6.92 Å². The highest BCUT2D eigenvalue weighted by molar-refractivity contribution is 5.85. The molecule has 0 fully saturated rings. The molecule has 0 bridgehead atoms. The lowest BCUT2D eigenvalue weighted by Crippen LogP contribution is -2.54. The lowest BCUT2D eigenvalue weighted by molar-refractivity contribution is -0.726. The van der Waals surface area contributed by atoms with Gasteiger partial charge >= 0.3 is 0 Å². The van der Waals surface area contributed by atoms with Gasteiger partial charge < -0.3 is 0 Å². The molecule has 0 N–H and O–H groups in total. The largest absolute Gasteiger partial charge is 0.249 e. The Morgan fingerprint density at radius 1 is 0.765 bits per heavy atom. The molecule has 2 aliphatic heterocycles. The molecule has 2 nitrogen and oxygen atoms in total. The molecule has 0 saturated carbocycles. The summed E-state index contributed by atoms with van der Waals surface area (Å²) in [5.74, 6) is 0.297. The number of aryl methyl sites for hydroxylation is 1. The summed E-state index contributed by atoms with van der Waals surface area (Å²) in [5, 5.41) is 2.55. The van der Waals surface area contributed by atoms with E-state index in [0.717, 1.165) is 12.1 Å². The molecule has 0 saturated heterocycles. The molecule has 2 heteroatoms. The number of pyridine rings is 2. The Hall–Kier alpha value is -4.04. The molecule has 4 heterocycles. The summed E-state index contributed by atoms with van der Waals surface area (Å²) in [5.41, 5.74) is 10.3. The van der Waals surface area contributed by atoms with Crippen LogP contribution >= 0.6 is 0 Å². The van der Waals surface area contributed by atoms with Gasteiger partial charge in [0.05, 0.1) is 5.92 Å². The van der Waals surface area contributed by atoms with Crippen LogP contribution in [0.25, 0.3) is 39.0 Å². The highest BCUT2D eigenvalue weighted by Gasteiger charge is 2.47. The zero-order valence-electron chi connectivity index (χ0n) is 19.3. The first-order valence-corrected chi connectivity index (χ1v) is 12.0. The lowest BCUT2D eigenvalue weighted by atomic mass is 9.76. The number of hydrogen-bond acceptors (Lipinski definition) is 0. The van der Waals surface area contributed by atoms with Crippen LogP contribution in [0.3, 0.4) is 0 Å². The van der Waals surface area contributed by atoms with Crippen molar-refractivity contribution in [2.45, 2.75) is 25.3 Å². The second kappa shape index (κ2) is 7.23. The van der Waals surface area contributed by atoms with Gasteiger partial charge in [0.15, 0.2) is 12.4 Å². The van der Waals surface area contributed by atoms with E-state index in [1.807, 2.05) is 0 Å². The molecule has 2 atom stereocenters. The molecule has 0 spiro atoms. The van der Waals surface area contributed by atoms with Crippen LogP contribution in [-0.2, 0) is 6.42 Å². The van der Waals surface area contributed by atoms with E-state index in [9.17, 15) is 0 Å². The maximum absolute atomic E-state index is 4.72. The predicted molar refractivity (Wildman–Crippen MR) is 137 cm³/mol. The maximum atomic E-state index is 4.72. The van der Waals surface area contributed by atoms with E-state index >= 15 is 0 Å². The molecule has 0 amide bonds. The minimum atomic E-state index is 0.120. The third kappa shape index (κ3) is 2.75. The zero-order valence-corrected chi connectivity index (χ0v) is 19.3. The molecule has 5 aromatic rings. The highest BCUT2D eigenvalue weighted by atomic mass is 15.1. The number of rotatable bonds is 0. The van der Waals surface area contributed by atoms with Gasteiger partial charge in [0.1, 0.15) is 0 Å². The standard InChI is InChI=1S/C32H26N2/c1-21-14-15-24-20-34-31(19-25(24)17-21)28-12-6-5-11-27(28)29-18-23-9-3-4-10-26(23)30-13-7-8-16-33(30)22(2)32(29)34/h3-17,19-20,29,32H,2,18H2,1H3/q+2. The Bertz CT molecular complexity index is 1630. The van der Waals surface area contributed by atoms with Crippen LogP contribution in [0.1, 0.15) is 28.7 Å². The fourth-order valence-corrected chi connectivity index (χ4v) is 6.10. The average Bonchev–Trinajstić information content (AvgIpc) is 2.87. The molecule has 0 aliphatic carbocycles. The molecule has 162 valence electrons. The van der Waals surface area contributed by atoms with E-state index in [1.165, 1.54) is 50.0 Å². The minimum Gasteiger partial charge on any atom is -0.184 e. The number of fused-ring (bicyclic) bond motifs is 10. The second-order valence-electron chi connectivity index (χ2n) is 9.65. The van der Waals surface area contributed by atoms with Crippen LogP contribution < -0.4 is 9.13 Å². The summed E-state index contributed by atoms with van der Waals surface area (Å²) in [6.07, 6.45) is 5.49. The number of aromatic nitrogens is 2. The van der Waals surface area contributed by atoms with E-state index in [-0.39, 0.29) is 6.04 Å². The van der Waals surface area contributed by atoms with Crippen molar-refractivity contribution >= 4 is 16.5 Å². The van der Waals surface area contributed by atoms with Crippen molar-refractivity contribution in [1.82, 2.24) is 0 Å². The minimum absolute atomic E-state index is 0.120. The normalized spacial score (nSPS) is 18.1. The molecular weight excluding hydrogens is 412 g/mol. The fourth-order valence-electron chi connectivity index (χ4n) is 6.10. The van der Waals surface area contributed by atoms with Gasteiger partial charge in [0.2, 0.25) is 23.1 Å². The van der Waals surface area contributed by atoms with Crippen molar-refractivity contribution in [3.63, 3.8) is 0 Å². The van der Waals surface area contributed by atoms with E-state index in [0.29, 0.717) is 5.92 Å². The van der Waals surface area contributed by atoms with Crippen molar-refractivity contribution in [2.24, 2.45) is 0 Å². The summed E-state index contributed by atoms with van der Waals surface area (Å²) in [4.78, 5) is 0. The zero-order chi connectivity index (χ0) is 22.8. The van der Waals surface area contributed by atoms with Crippen LogP contribution in [0.4, 0.5) is 0 Å². The van der Waals surface area contributed by atoms with Crippen molar-refractivity contribution in [3.8, 4) is 22.5 Å². The van der Waals surface area contributed by atoms with Crippen molar-refractivity contribution < 1.29 is 9.13 Å². The summed E-state index contributed by atoms with van der Waals surface area (Å²) >= 11 is 0. The first kappa shape index (κ1) is 19.4. The van der Waals surface area contributed by atoms with E-state index in [1.54, 1.807) is 0 Å². The van der Waals surface area contributed by atoms with Crippen molar-refractivity contribution in [1.29, 1.82) is 0 Å². The molecular formula is C32H26N2+2. The van der Waals surface area contributed by atoms with Crippen molar-refractivity contribution in [2.75, 3.05) is 0 Å². The van der Waals surface area contributed by atoms with Crippen LogP contribution in [0.2, 0.25) is 0 Å². The fraction of sp³-hybridized carbons (Fsp3) is 0.125. The summed E-state index contributed by atoms with van der Waals surface area (Å²) in [6, 6.07) is 33.5. The number of hydrogen-bond donors (Lipinski definition) is 0. The van der Waals surface area contributed by atoms with Gasteiger partial charge in [-0.15, -0.1) is 0 Å². The first-order chi connectivity index (χ1) is 16.7. The summed E-state index contributed by atoms with van der Waals surface area (Å²) in [6.45, 7) is 6.89. The Balaban J connectivity index is 1.56. The second-order valence-corrected chi connectivity index (χ2v) is 9.65. The number of nitrogens with zero attached hydrogens (tertiary/aromatic N) is 2. The van der Waals surface area contributed by atoms with Crippen LogP contribution in [0.15, 0.2) is 110 Å². The quantitative estimate of drug-likeness (QED) is 0.246. The molecule has 3 aromatic carbocycles. The molecule has 2 aromatic heterocycles. The van der Waals surface area contributed by atoms with E-state index < -0.39 is 0 Å². The third-order valence-electron chi connectivity index (χ3n) is 7.65. The average molecular weight is 439 g/mol. The van der Waals surface area contributed by atoms with Crippen LogP contribution in [-0.4, -0.2) is 0 Å². The molecule has 2 unspecified atom stereocenters. The Morgan fingerprint density at radius 2 is 1.56 bits per heavy atom. The Labute approximate surface area is 200 Å². The predicted octanol–water partition coefficient (Wildman–Crippen LogP) is 6.42. The van der Waals surface area contributed by atoms with Gasteiger partial charge in [-0.3, -0.25) is 0 Å². The van der Waals surface area contributed by atoms with Crippen LogP contribution in [0.5, 0.6) is 0 Å². The summed E-state index contributed by atoms with van der Waals surface area (Å²) in [7, 11) is 0. The van der Waals surface area contributed by atoms with Gasteiger partial charge in [-0.2, -0.15) is 9.13 Å². The van der Waals surface area contributed by atoms with Gasteiger partial charge in [0, 0.05) is 34.7 Å². The van der Waals surface area contributed by atoms with Gasteiger partial charge in [-0.25, -0.2) is 0 Å². The number of benzene rings is 3. The molecule has 2 aliphatic rings. The number of allylic oxidation sites excluding steroid dienone is 1. The monoisotopic (exact) mass is 438 g/mol. The lowest BCUT2D eigenvalue weighted by Gasteiger charge is -2.31. The third-order valence-corrected chi connectivity index (χ3v) is 7.65. The van der Waals surface area contributed by atoms with Gasteiger partial charge in [0.25, 0.3) is 0 Å². The maximum Gasteiger partial charge on any atom is 0.249 e. The van der Waals surface area contributed by atoms with E-state index in [4.69, 9.17) is 6.58 Å². The SMILES string of the molecule is C=C1C2C(Cc3ccccc3-c3cccc[n+]31)c1ccccc1-c1cc3cc(C)ccc3c[n+]12. The Kier molecular flexibility index (Phi) is 4.13. The summed E-state index contributed by atoms with van der Waals surface area (Å²) < 4.78 is 4.80. The highest BCUT2D eigenvalue weighted by Crippen LogP contribution is 2.45. The molecule has 34 heavy (non-hydrogen) atoms. The van der Waals surface area contributed by atoms with E-state index in [2.05, 4.69) is 119 Å². The van der Waals surface area contributed by atoms with Crippen molar-refractivity contribution in [3.05, 3.63) is 127 Å². The first-order valence-electron chi connectivity index (χ1n) is 12.0. The van der Waals surface area contributed by atoms with Gasteiger partial charge in [-0.1, -0.05) is 54.1 Å².